The van der Waals surface area contributed by atoms with Crippen molar-refractivity contribution in [1.29, 1.82) is 0 Å². The minimum atomic E-state index is -1.27. The molecule has 0 atom stereocenters. The van der Waals surface area contributed by atoms with Crippen LogP contribution in [0, 0.1) is 0 Å². The van der Waals surface area contributed by atoms with E-state index in [1.54, 1.807) is 0 Å². The Labute approximate surface area is 325 Å². The molecule has 0 bridgehead atoms. The maximum absolute atomic E-state index is 10.2. The molecule has 0 saturated carbocycles. The van der Waals surface area contributed by atoms with Crippen molar-refractivity contribution in [2.24, 2.45) is 0 Å². The van der Waals surface area contributed by atoms with Crippen molar-refractivity contribution < 1.29 is 45.5 Å². The third-order valence-corrected chi connectivity index (χ3v) is 7.62. The van der Waals surface area contributed by atoms with Crippen LogP contribution in [-0.2, 0) is 0 Å². The molecule has 0 spiro atoms. The highest BCUT2D eigenvalue weighted by atomic mass is 16.3. The molecule has 0 saturated heterocycles. The molecule has 0 fully saturated rings. The number of rotatable bonds is 5. The molecule has 10 aromatic rings. The van der Waals surface area contributed by atoms with Gasteiger partial charge in [-0.25, -0.2) is 0 Å². The van der Waals surface area contributed by atoms with E-state index in [1.165, 1.54) is 0 Å². The van der Waals surface area contributed by atoms with E-state index in [9.17, 15) is 13.7 Å². The van der Waals surface area contributed by atoms with Crippen LogP contribution in [0.1, 0.15) is 41.1 Å². The van der Waals surface area contributed by atoms with E-state index >= 15 is 0 Å². The van der Waals surface area contributed by atoms with Gasteiger partial charge in [-0.2, -0.15) is 0 Å². The maximum atomic E-state index is 10.2. The lowest BCUT2D eigenvalue weighted by Gasteiger charge is -2.27. The minimum absolute atomic E-state index is 0.454. The Kier molecular flexibility index (Phi) is 2.47. The van der Waals surface area contributed by atoms with Gasteiger partial charge in [-0.05, 0) is 76.9 Å². The average Bonchev–Trinajstić information content (AvgIpc) is 4.16. The maximum Gasteiger partial charge on any atom is 0.145 e. The van der Waals surface area contributed by atoms with E-state index in [0.29, 0.717) is 9.47 Å². The Hall–Kier alpha value is -6.58. The quantitative estimate of drug-likeness (QED) is 0.184. The number of hydrogen-bond donors (Lipinski definition) is 0. The predicted molar refractivity (Wildman–Crippen MR) is 206 cm³/mol. The molecule has 3 nitrogen and oxygen atoms in total. The van der Waals surface area contributed by atoms with Gasteiger partial charge in [0.05, 0.1) is 63.2 Å². The number of furan rings is 1. The van der Waals surface area contributed by atoms with Crippen LogP contribution in [0.5, 0.6) is 0 Å². The van der Waals surface area contributed by atoms with Gasteiger partial charge >= 0.3 is 0 Å². The van der Waals surface area contributed by atoms with E-state index in [0.717, 1.165) is 0 Å². The molecule has 0 aliphatic rings. The number of anilines is 3. The molecular weight excluding hydrogens is 597 g/mol. The standard InChI is InChI=1S/C46H30N2O/c1-3-13-31(14-4-1)32-23-25-35(26-24-32)47(43-29-33-15-7-8-18-37(33)46-45(43)39-20-10-12-22-44(39)49-46)36-27-28-42-40(30-36)38-19-9-11-21-41(38)48(42)34-16-5-2-6-17-34/h1-30H/i1D,2D,3D,4D,5D,6D,7D,8D,9D,10D,11D,12D,13D,14D,15D,16D,17D,18D,19D,20D,21D,22D,23D,24D,25D,26D,27D,28D,29D,30D. The number of nitrogens with zero attached hydrogens (tertiary/aromatic N) is 2. The zero-order valence-corrected chi connectivity index (χ0v) is 24.3. The van der Waals surface area contributed by atoms with Gasteiger partial charge in [-0.1, -0.05) is 121 Å². The summed E-state index contributed by atoms with van der Waals surface area (Å²) in [7, 11) is 0. The lowest BCUT2D eigenvalue weighted by Crippen LogP contribution is -2.10. The zero-order chi connectivity index (χ0) is 58.4. The first-order valence-corrected chi connectivity index (χ1v) is 14.2. The van der Waals surface area contributed by atoms with Crippen LogP contribution >= 0.6 is 0 Å². The fourth-order valence-electron chi connectivity index (χ4n) is 5.60. The molecule has 49 heavy (non-hydrogen) atoms. The summed E-state index contributed by atoms with van der Waals surface area (Å²) in [5.74, 6) is 0. The number of fused-ring (bicyclic) bond motifs is 8. The predicted octanol–water partition coefficient (Wildman–Crippen LogP) is 13.0. The Morgan fingerprint density at radius 1 is 0.469 bits per heavy atom. The highest BCUT2D eigenvalue weighted by molar-refractivity contribution is 6.22. The van der Waals surface area contributed by atoms with E-state index in [4.69, 9.17) is 31.8 Å². The Bertz CT molecular complexity index is 4480. The Morgan fingerprint density at radius 3 is 1.90 bits per heavy atom. The van der Waals surface area contributed by atoms with Crippen LogP contribution in [0.25, 0.3) is 71.3 Å². The second-order valence-electron chi connectivity index (χ2n) is 10.3. The first kappa shape index (κ1) is 11.0. The number of hydrogen-bond acceptors (Lipinski definition) is 2. The smallest absolute Gasteiger partial charge is 0.145 e. The van der Waals surface area contributed by atoms with Crippen LogP contribution in [0.2, 0.25) is 0 Å². The molecule has 230 valence electrons. The molecule has 8 aromatic carbocycles. The third kappa shape index (κ3) is 4.37. The van der Waals surface area contributed by atoms with Crippen molar-refractivity contribution in [3.8, 4) is 16.8 Å². The SMILES string of the molecule is [2H]c1c([2H])c([2H])c(-c2c([2H])c([2H])c(N(c3c([2H])c([2H])c4c(c3[2H])c3c([2H])c([2H])c([2H])c([2H])c3n4-c3c([2H])c([2H])c([2H])c([2H])c3[2H])c3c([2H])c4c([2H])c([2H])c([2H])c([2H])c4c4oc5c([2H])c([2H])c([2H])c([2H])c5c34)c([2H])c2[2H])c([2H])c1[2H]. The second kappa shape index (κ2) is 11.0. The van der Waals surface area contributed by atoms with Crippen LogP contribution in [0.3, 0.4) is 0 Å². The van der Waals surface area contributed by atoms with E-state index in [2.05, 4.69) is 0 Å². The summed E-state index contributed by atoms with van der Waals surface area (Å²) in [6, 6.07) is -30.4. The van der Waals surface area contributed by atoms with Gasteiger partial charge < -0.3 is 13.9 Å². The average molecular weight is 657 g/mol. The van der Waals surface area contributed by atoms with Crippen molar-refractivity contribution >= 4 is 71.6 Å². The monoisotopic (exact) mass is 656 g/mol. The van der Waals surface area contributed by atoms with Crippen molar-refractivity contribution in [2.75, 3.05) is 4.90 Å². The van der Waals surface area contributed by atoms with Crippen LogP contribution < -0.4 is 4.90 Å². The minimum Gasteiger partial charge on any atom is -0.455 e. The lowest BCUT2D eigenvalue weighted by molar-refractivity contribution is 0.672. The summed E-state index contributed by atoms with van der Waals surface area (Å²) in [6.45, 7) is 0. The zero-order valence-electron chi connectivity index (χ0n) is 54.3. The molecule has 0 aliphatic heterocycles. The topological polar surface area (TPSA) is 21.3 Å². The van der Waals surface area contributed by atoms with Gasteiger partial charge in [0.1, 0.15) is 11.2 Å². The van der Waals surface area contributed by atoms with Crippen molar-refractivity contribution in [3.63, 3.8) is 0 Å². The summed E-state index contributed by atoms with van der Waals surface area (Å²) in [6.07, 6.45) is 0. The molecule has 2 aromatic heterocycles. The van der Waals surface area contributed by atoms with Gasteiger partial charge in [0.25, 0.3) is 0 Å². The molecule has 0 radical (unpaired) electrons. The lowest BCUT2D eigenvalue weighted by atomic mass is 10.0. The molecule has 0 N–H and O–H groups in total. The van der Waals surface area contributed by atoms with Crippen molar-refractivity contribution in [2.45, 2.75) is 0 Å². The summed E-state index contributed by atoms with van der Waals surface area (Å²) in [4.78, 5) is 0.454. The molecule has 3 heteroatoms. The van der Waals surface area contributed by atoms with E-state index in [1.807, 2.05) is 0 Å². The number of benzene rings is 8. The van der Waals surface area contributed by atoms with Gasteiger partial charge in [-0.15, -0.1) is 0 Å². The summed E-state index contributed by atoms with van der Waals surface area (Å²) in [5, 5.41) is -4.24. The summed E-state index contributed by atoms with van der Waals surface area (Å²) in [5.41, 5.74) is -8.75. The van der Waals surface area contributed by atoms with Gasteiger partial charge in [0.15, 0.2) is 0 Å². The third-order valence-electron chi connectivity index (χ3n) is 7.62. The summed E-state index contributed by atoms with van der Waals surface area (Å²) >= 11 is 0. The normalized spacial score (nSPS) is 20.2. The fourth-order valence-corrected chi connectivity index (χ4v) is 5.60. The largest absolute Gasteiger partial charge is 0.455 e. The van der Waals surface area contributed by atoms with Gasteiger partial charge in [0, 0.05) is 38.6 Å². The summed E-state index contributed by atoms with van der Waals surface area (Å²) < 4.78 is 277. The first-order valence-electron chi connectivity index (χ1n) is 29.2. The van der Waals surface area contributed by atoms with Crippen LogP contribution in [0.15, 0.2) is 186 Å². The van der Waals surface area contributed by atoms with Crippen LogP contribution in [0.4, 0.5) is 17.1 Å². The Balaban J connectivity index is 1.54. The molecule has 0 aliphatic carbocycles. The van der Waals surface area contributed by atoms with Crippen LogP contribution in [-0.4, -0.2) is 4.57 Å². The first-order chi connectivity index (χ1) is 36.8. The van der Waals surface area contributed by atoms with E-state index < -0.39 is 270 Å². The number of aromatic nitrogens is 1. The molecule has 0 unspecified atom stereocenters. The number of para-hydroxylation sites is 3. The van der Waals surface area contributed by atoms with Crippen molar-refractivity contribution in [1.82, 2.24) is 4.57 Å². The molecule has 0 amide bonds. The fraction of sp³-hybridized carbons (Fsp3) is 0. The van der Waals surface area contributed by atoms with Gasteiger partial charge in [-0.3, -0.25) is 0 Å². The second-order valence-corrected chi connectivity index (χ2v) is 10.3. The highest BCUT2D eigenvalue weighted by Gasteiger charge is 2.23. The highest BCUT2D eigenvalue weighted by Crippen LogP contribution is 2.47. The molecule has 10 rings (SSSR count). The van der Waals surface area contributed by atoms with Crippen molar-refractivity contribution in [3.05, 3.63) is 181 Å². The van der Waals surface area contributed by atoms with Gasteiger partial charge in [0.2, 0.25) is 0 Å². The molecule has 2 heterocycles. The van der Waals surface area contributed by atoms with E-state index in [-0.39, 0.29) is 0 Å². The molecular formula is C46H30N2O. The Morgan fingerprint density at radius 2 is 1.08 bits per heavy atom.